The van der Waals surface area contributed by atoms with Gasteiger partial charge in [0, 0.05) is 23.9 Å². The van der Waals surface area contributed by atoms with Crippen LogP contribution in [0.3, 0.4) is 0 Å². The minimum absolute atomic E-state index is 0.00967. The monoisotopic (exact) mass is 372 g/mol. The molecule has 1 N–H and O–H groups in total. The summed E-state index contributed by atoms with van der Waals surface area (Å²) in [6, 6.07) is 20.0. The fourth-order valence-corrected chi connectivity index (χ4v) is 3.85. The lowest BCUT2D eigenvalue weighted by atomic mass is 10.1. The van der Waals surface area contributed by atoms with Crippen LogP contribution < -0.4 is 10.2 Å². The minimum atomic E-state index is -0.0282. The van der Waals surface area contributed by atoms with Crippen molar-refractivity contribution >= 4 is 28.3 Å². The molecule has 0 aromatic heterocycles. The number of benzene rings is 3. The van der Waals surface area contributed by atoms with Crippen LogP contribution in [0.1, 0.15) is 47.3 Å². The summed E-state index contributed by atoms with van der Waals surface area (Å²) in [7, 11) is 0. The lowest BCUT2D eigenvalue weighted by Crippen LogP contribution is -2.30. The fourth-order valence-electron chi connectivity index (χ4n) is 3.85. The van der Waals surface area contributed by atoms with Crippen LogP contribution in [-0.2, 0) is 4.79 Å². The van der Waals surface area contributed by atoms with Gasteiger partial charge in [0.1, 0.15) is 0 Å². The third kappa shape index (κ3) is 3.38. The van der Waals surface area contributed by atoms with Gasteiger partial charge in [0.2, 0.25) is 5.91 Å². The molecule has 4 heteroatoms. The van der Waals surface area contributed by atoms with Crippen LogP contribution in [0, 0.1) is 6.92 Å². The third-order valence-electron chi connectivity index (χ3n) is 5.39. The van der Waals surface area contributed by atoms with E-state index >= 15 is 0 Å². The van der Waals surface area contributed by atoms with E-state index in [0.29, 0.717) is 19.4 Å². The molecule has 0 bridgehead atoms. The Hall–Kier alpha value is -3.14. The van der Waals surface area contributed by atoms with Crippen LogP contribution in [0.25, 0.3) is 10.8 Å². The van der Waals surface area contributed by atoms with E-state index < -0.39 is 0 Å². The van der Waals surface area contributed by atoms with Crippen LogP contribution in [0.2, 0.25) is 0 Å². The van der Waals surface area contributed by atoms with Crippen molar-refractivity contribution < 1.29 is 9.59 Å². The Bertz CT molecular complexity index is 1030. The molecule has 0 aliphatic carbocycles. The van der Waals surface area contributed by atoms with E-state index in [4.69, 9.17) is 0 Å². The highest BCUT2D eigenvalue weighted by atomic mass is 16.2. The topological polar surface area (TPSA) is 49.4 Å². The molecule has 0 radical (unpaired) electrons. The summed E-state index contributed by atoms with van der Waals surface area (Å²) in [5, 5.41) is 5.15. The summed E-state index contributed by atoms with van der Waals surface area (Å²) in [5.74, 6) is 0.0377. The second-order valence-corrected chi connectivity index (χ2v) is 7.44. The van der Waals surface area contributed by atoms with E-state index in [-0.39, 0.29) is 17.9 Å². The van der Waals surface area contributed by atoms with Crippen molar-refractivity contribution in [1.29, 1.82) is 0 Å². The van der Waals surface area contributed by atoms with Gasteiger partial charge < -0.3 is 10.2 Å². The molecule has 0 fully saturated rings. The van der Waals surface area contributed by atoms with Gasteiger partial charge in [-0.25, -0.2) is 0 Å². The number of carbonyl (C=O) groups excluding carboxylic acids is 2. The Morgan fingerprint density at radius 1 is 1.04 bits per heavy atom. The van der Waals surface area contributed by atoms with Crippen LogP contribution >= 0.6 is 0 Å². The van der Waals surface area contributed by atoms with Crippen molar-refractivity contribution in [1.82, 2.24) is 5.32 Å². The first-order valence-corrected chi connectivity index (χ1v) is 9.74. The fraction of sp³-hybridized carbons (Fsp3) is 0.250. The second-order valence-electron chi connectivity index (χ2n) is 7.44. The van der Waals surface area contributed by atoms with Crippen molar-refractivity contribution in [2.24, 2.45) is 0 Å². The molecule has 1 heterocycles. The molecule has 2 amide bonds. The number of aryl methyl sites for hydroxylation is 1. The predicted octanol–water partition coefficient (Wildman–Crippen LogP) is 4.77. The molecule has 3 aromatic rings. The number of nitrogens with one attached hydrogen (secondary N) is 1. The Morgan fingerprint density at radius 2 is 1.75 bits per heavy atom. The molecule has 28 heavy (non-hydrogen) atoms. The van der Waals surface area contributed by atoms with Crippen LogP contribution in [0.5, 0.6) is 0 Å². The number of hydrogen-bond donors (Lipinski definition) is 1. The summed E-state index contributed by atoms with van der Waals surface area (Å²) >= 11 is 0. The zero-order valence-electron chi connectivity index (χ0n) is 16.2. The number of nitrogens with zero attached hydrogens (tertiary/aromatic N) is 1. The Labute approximate surface area is 165 Å². The number of anilines is 1. The lowest BCUT2D eigenvalue weighted by molar-refractivity contribution is -0.121. The SMILES string of the molecule is Cc1ccc(C(C)NC(=O)CCCN2C(=O)c3cccc4cccc2c34)cc1. The standard InChI is InChI=1S/C24H24N2O2/c1-16-11-13-18(14-12-16)17(2)25-22(27)10-5-15-26-21-9-4-7-19-6-3-8-20(23(19)21)24(26)28/h3-4,6-9,11-14,17H,5,10,15H2,1-2H3,(H,25,27). The highest BCUT2D eigenvalue weighted by Crippen LogP contribution is 2.37. The lowest BCUT2D eigenvalue weighted by Gasteiger charge is -2.18. The van der Waals surface area contributed by atoms with Gasteiger partial charge in [-0.2, -0.15) is 0 Å². The Balaban J connectivity index is 1.36. The minimum Gasteiger partial charge on any atom is -0.350 e. The van der Waals surface area contributed by atoms with E-state index in [2.05, 4.69) is 17.4 Å². The zero-order chi connectivity index (χ0) is 19.7. The Kier molecular flexibility index (Phi) is 4.86. The molecule has 0 saturated carbocycles. The summed E-state index contributed by atoms with van der Waals surface area (Å²) in [6.07, 6.45) is 1.02. The van der Waals surface area contributed by atoms with Crippen LogP contribution in [0.4, 0.5) is 5.69 Å². The van der Waals surface area contributed by atoms with Crippen molar-refractivity contribution in [2.75, 3.05) is 11.4 Å². The van der Waals surface area contributed by atoms with Gasteiger partial charge in [0.15, 0.2) is 0 Å². The highest BCUT2D eigenvalue weighted by molar-refractivity contribution is 6.25. The summed E-state index contributed by atoms with van der Waals surface area (Å²) in [5.41, 5.74) is 4.00. The van der Waals surface area contributed by atoms with Crippen molar-refractivity contribution in [3.63, 3.8) is 0 Å². The number of carbonyl (C=O) groups is 2. The molecule has 4 nitrogen and oxygen atoms in total. The molecule has 142 valence electrons. The van der Waals surface area contributed by atoms with E-state index in [0.717, 1.165) is 27.6 Å². The first kappa shape index (κ1) is 18.2. The summed E-state index contributed by atoms with van der Waals surface area (Å²) in [4.78, 5) is 26.9. The molecule has 4 rings (SSSR count). The molecule has 0 spiro atoms. The van der Waals surface area contributed by atoms with Crippen molar-refractivity contribution in [2.45, 2.75) is 32.7 Å². The van der Waals surface area contributed by atoms with Crippen LogP contribution in [-0.4, -0.2) is 18.4 Å². The van der Waals surface area contributed by atoms with Crippen molar-refractivity contribution in [3.8, 4) is 0 Å². The normalized spacial score (nSPS) is 13.8. The third-order valence-corrected chi connectivity index (χ3v) is 5.39. The van der Waals surface area contributed by atoms with Gasteiger partial charge in [-0.1, -0.05) is 54.1 Å². The largest absolute Gasteiger partial charge is 0.350 e. The first-order chi connectivity index (χ1) is 13.5. The molecule has 1 aliphatic heterocycles. The molecule has 1 aliphatic rings. The second kappa shape index (κ2) is 7.47. The van der Waals surface area contributed by atoms with Gasteiger partial charge in [-0.05, 0) is 43.4 Å². The van der Waals surface area contributed by atoms with Gasteiger partial charge in [-0.3, -0.25) is 9.59 Å². The molecule has 0 saturated heterocycles. The van der Waals surface area contributed by atoms with Gasteiger partial charge in [0.25, 0.3) is 5.91 Å². The average molecular weight is 372 g/mol. The molecular formula is C24H24N2O2. The van der Waals surface area contributed by atoms with E-state index in [1.807, 2.05) is 62.4 Å². The maximum atomic E-state index is 12.8. The maximum Gasteiger partial charge on any atom is 0.258 e. The zero-order valence-corrected chi connectivity index (χ0v) is 16.2. The van der Waals surface area contributed by atoms with E-state index in [1.165, 1.54) is 5.56 Å². The molecule has 1 unspecified atom stereocenters. The van der Waals surface area contributed by atoms with Gasteiger partial charge in [0.05, 0.1) is 11.7 Å². The van der Waals surface area contributed by atoms with Gasteiger partial charge in [-0.15, -0.1) is 0 Å². The smallest absolute Gasteiger partial charge is 0.258 e. The van der Waals surface area contributed by atoms with Crippen LogP contribution in [0.15, 0.2) is 60.7 Å². The molecular weight excluding hydrogens is 348 g/mol. The predicted molar refractivity (Wildman–Crippen MR) is 113 cm³/mol. The molecule has 1 atom stereocenters. The van der Waals surface area contributed by atoms with Gasteiger partial charge >= 0.3 is 0 Å². The number of rotatable bonds is 6. The number of hydrogen-bond acceptors (Lipinski definition) is 2. The summed E-state index contributed by atoms with van der Waals surface area (Å²) < 4.78 is 0. The highest BCUT2D eigenvalue weighted by Gasteiger charge is 2.29. The molecule has 3 aromatic carbocycles. The average Bonchev–Trinajstić information content (AvgIpc) is 2.96. The Morgan fingerprint density at radius 3 is 2.50 bits per heavy atom. The summed E-state index contributed by atoms with van der Waals surface area (Å²) in [6.45, 7) is 4.58. The van der Waals surface area contributed by atoms with Crippen molar-refractivity contribution in [3.05, 3.63) is 77.4 Å². The number of amides is 2. The van der Waals surface area contributed by atoms with E-state index in [1.54, 1.807) is 4.90 Å². The van der Waals surface area contributed by atoms with E-state index in [9.17, 15) is 9.59 Å². The quantitative estimate of drug-likeness (QED) is 0.678. The maximum absolute atomic E-state index is 12.8. The first-order valence-electron chi connectivity index (χ1n) is 9.74.